The Hall–Kier alpha value is -2.04. The molecule has 0 aliphatic carbocycles. The molecule has 0 saturated carbocycles. The SMILES string of the molecule is CC(C)(CN1C[C@H]2CNCCN2C1=O)C(=O)O.O=C(O)C(F)(F)F. The van der Waals surface area contributed by atoms with Gasteiger partial charge in [0.15, 0.2) is 0 Å². The molecule has 3 N–H and O–H groups in total. The number of hydrogen-bond donors (Lipinski definition) is 3. The molecule has 0 aromatic heterocycles. The normalized spacial score (nSPS) is 21.0. The number of alkyl halides is 3. The molecule has 11 heteroatoms. The number of fused-ring (bicyclic) bond motifs is 1. The molecule has 0 aromatic rings. The average Bonchev–Trinajstić information content (AvgIpc) is 2.75. The van der Waals surface area contributed by atoms with Crippen molar-refractivity contribution in [3.05, 3.63) is 0 Å². The van der Waals surface area contributed by atoms with Crippen LogP contribution in [-0.4, -0.2) is 82.9 Å². The van der Waals surface area contributed by atoms with E-state index in [0.717, 1.165) is 13.1 Å². The number of urea groups is 1. The number of piperazine rings is 1. The van der Waals surface area contributed by atoms with Gasteiger partial charge in [-0.05, 0) is 13.8 Å². The summed E-state index contributed by atoms with van der Waals surface area (Å²) in [5, 5.41) is 19.5. The number of nitrogens with one attached hydrogen (secondary N) is 1. The van der Waals surface area contributed by atoms with Crippen molar-refractivity contribution in [1.82, 2.24) is 15.1 Å². The van der Waals surface area contributed by atoms with Gasteiger partial charge in [0, 0.05) is 32.7 Å². The molecule has 2 aliphatic heterocycles. The number of carbonyl (C=O) groups is 3. The fourth-order valence-electron chi connectivity index (χ4n) is 2.37. The molecule has 138 valence electrons. The zero-order valence-electron chi connectivity index (χ0n) is 13.3. The second kappa shape index (κ2) is 7.24. The van der Waals surface area contributed by atoms with Gasteiger partial charge in [-0.15, -0.1) is 0 Å². The Balaban J connectivity index is 0.000000351. The predicted molar refractivity (Wildman–Crippen MR) is 75.4 cm³/mol. The quantitative estimate of drug-likeness (QED) is 0.678. The van der Waals surface area contributed by atoms with Crippen LogP contribution in [0.2, 0.25) is 0 Å². The van der Waals surface area contributed by atoms with Crippen LogP contribution in [0.1, 0.15) is 13.8 Å². The molecule has 1 atom stereocenters. The first-order chi connectivity index (χ1) is 10.9. The standard InChI is InChI=1S/C11H19N3O3.C2HF3O2/c1-11(2,9(15)16)7-13-6-8-5-12-3-4-14(8)10(13)17;3-2(4,5)1(6)7/h8,12H,3-7H2,1-2H3,(H,15,16);(H,6,7)/t8-;/m1./s1. The third kappa shape index (κ3) is 4.98. The summed E-state index contributed by atoms with van der Waals surface area (Å²) < 4.78 is 31.7. The summed E-state index contributed by atoms with van der Waals surface area (Å²) in [7, 11) is 0. The lowest BCUT2D eigenvalue weighted by Crippen LogP contribution is -2.50. The van der Waals surface area contributed by atoms with Crippen LogP contribution in [0.25, 0.3) is 0 Å². The number of aliphatic carboxylic acids is 2. The summed E-state index contributed by atoms with van der Waals surface area (Å²) in [5.74, 6) is -3.62. The maximum atomic E-state index is 12.1. The van der Waals surface area contributed by atoms with E-state index in [-0.39, 0.29) is 18.6 Å². The van der Waals surface area contributed by atoms with Gasteiger partial charge in [0.1, 0.15) is 0 Å². The molecule has 0 radical (unpaired) electrons. The summed E-state index contributed by atoms with van der Waals surface area (Å²) in [6, 6.07) is 0.173. The van der Waals surface area contributed by atoms with Crippen LogP contribution in [0.5, 0.6) is 0 Å². The van der Waals surface area contributed by atoms with E-state index < -0.39 is 23.5 Å². The molecule has 24 heavy (non-hydrogen) atoms. The van der Waals surface area contributed by atoms with E-state index in [4.69, 9.17) is 15.0 Å². The molecular weight excluding hydrogens is 335 g/mol. The number of rotatable bonds is 3. The minimum Gasteiger partial charge on any atom is -0.481 e. The first-order valence-electron chi connectivity index (χ1n) is 7.16. The molecule has 0 bridgehead atoms. The second-order valence-electron chi connectivity index (χ2n) is 6.21. The van der Waals surface area contributed by atoms with E-state index in [9.17, 15) is 22.8 Å². The topological polar surface area (TPSA) is 110 Å². The van der Waals surface area contributed by atoms with Gasteiger partial charge in [-0.3, -0.25) is 4.79 Å². The van der Waals surface area contributed by atoms with E-state index in [2.05, 4.69) is 5.32 Å². The zero-order chi connectivity index (χ0) is 18.7. The van der Waals surface area contributed by atoms with E-state index in [0.29, 0.717) is 13.1 Å². The summed E-state index contributed by atoms with van der Waals surface area (Å²) >= 11 is 0. The van der Waals surface area contributed by atoms with Crippen LogP contribution in [0.4, 0.5) is 18.0 Å². The molecule has 0 aromatic carbocycles. The Kier molecular flexibility index (Phi) is 6.04. The molecule has 0 spiro atoms. The number of carbonyl (C=O) groups excluding carboxylic acids is 1. The van der Waals surface area contributed by atoms with Gasteiger partial charge >= 0.3 is 24.1 Å². The third-order valence-electron chi connectivity index (χ3n) is 3.71. The lowest BCUT2D eigenvalue weighted by atomic mass is 9.93. The third-order valence-corrected chi connectivity index (χ3v) is 3.71. The number of hydrogen-bond acceptors (Lipinski definition) is 4. The van der Waals surface area contributed by atoms with Crippen LogP contribution >= 0.6 is 0 Å². The lowest BCUT2D eigenvalue weighted by molar-refractivity contribution is -0.192. The van der Waals surface area contributed by atoms with Crippen LogP contribution in [0.15, 0.2) is 0 Å². The van der Waals surface area contributed by atoms with Crippen LogP contribution in [0.3, 0.4) is 0 Å². The highest BCUT2D eigenvalue weighted by atomic mass is 19.4. The molecular formula is C13H20F3N3O5. The fraction of sp³-hybridized carbons (Fsp3) is 0.769. The first kappa shape index (κ1) is 20.0. The number of halogens is 3. The van der Waals surface area contributed by atoms with Crippen molar-refractivity contribution in [2.24, 2.45) is 5.41 Å². The van der Waals surface area contributed by atoms with Gasteiger partial charge in [-0.1, -0.05) is 0 Å². The Morgan fingerprint density at radius 3 is 2.21 bits per heavy atom. The highest BCUT2D eigenvalue weighted by Crippen LogP contribution is 2.23. The van der Waals surface area contributed by atoms with Crippen molar-refractivity contribution < 1.29 is 37.8 Å². The molecule has 2 amide bonds. The summed E-state index contributed by atoms with van der Waals surface area (Å²) in [6.45, 7) is 6.54. The van der Waals surface area contributed by atoms with Crippen LogP contribution < -0.4 is 5.32 Å². The number of carboxylic acids is 2. The van der Waals surface area contributed by atoms with Crippen LogP contribution in [-0.2, 0) is 9.59 Å². The number of amides is 2. The van der Waals surface area contributed by atoms with E-state index >= 15 is 0 Å². The van der Waals surface area contributed by atoms with Gasteiger partial charge in [0.25, 0.3) is 0 Å². The van der Waals surface area contributed by atoms with Gasteiger partial charge in [0.2, 0.25) is 0 Å². The Labute approximate surface area is 136 Å². The van der Waals surface area contributed by atoms with E-state index in [1.807, 2.05) is 4.90 Å². The predicted octanol–water partition coefficient (Wildman–Crippen LogP) is 0.440. The Morgan fingerprint density at radius 1 is 1.25 bits per heavy atom. The molecule has 8 nitrogen and oxygen atoms in total. The molecule has 2 saturated heterocycles. The molecule has 2 aliphatic rings. The van der Waals surface area contributed by atoms with Gasteiger partial charge in [-0.25, -0.2) is 9.59 Å². The maximum Gasteiger partial charge on any atom is 0.490 e. The molecule has 2 fully saturated rings. The first-order valence-corrected chi connectivity index (χ1v) is 7.16. The van der Waals surface area contributed by atoms with E-state index in [1.54, 1.807) is 18.7 Å². The van der Waals surface area contributed by atoms with Gasteiger partial charge < -0.3 is 25.3 Å². The smallest absolute Gasteiger partial charge is 0.481 e. The highest BCUT2D eigenvalue weighted by Gasteiger charge is 2.42. The maximum absolute atomic E-state index is 12.1. The van der Waals surface area contributed by atoms with Crippen LogP contribution in [0, 0.1) is 5.41 Å². The van der Waals surface area contributed by atoms with Crippen molar-refractivity contribution in [2.75, 3.05) is 32.7 Å². The van der Waals surface area contributed by atoms with Gasteiger partial charge in [0.05, 0.1) is 11.5 Å². The fourth-order valence-corrected chi connectivity index (χ4v) is 2.37. The zero-order valence-corrected chi connectivity index (χ0v) is 13.3. The minimum absolute atomic E-state index is 0.0224. The largest absolute Gasteiger partial charge is 0.490 e. The average molecular weight is 355 g/mol. The second-order valence-corrected chi connectivity index (χ2v) is 6.21. The van der Waals surface area contributed by atoms with Crippen molar-refractivity contribution in [2.45, 2.75) is 26.1 Å². The van der Waals surface area contributed by atoms with E-state index in [1.165, 1.54) is 0 Å². The van der Waals surface area contributed by atoms with Crippen molar-refractivity contribution in [1.29, 1.82) is 0 Å². The lowest BCUT2D eigenvalue weighted by Gasteiger charge is -2.28. The molecule has 0 unspecified atom stereocenters. The minimum atomic E-state index is -5.08. The number of carboxylic acid groups (broad SMARTS) is 2. The Bertz CT molecular complexity index is 510. The molecule has 2 rings (SSSR count). The Morgan fingerprint density at radius 2 is 1.79 bits per heavy atom. The monoisotopic (exact) mass is 355 g/mol. The summed E-state index contributed by atoms with van der Waals surface area (Å²) in [6.07, 6.45) is -5.08. The van der Waals surface area contributed by atoms with Crippen molar-refractivity contribution >= 4 is 18.0 Å². The van der Waals surface area contributed by atoms with Crippen molar-refractivity contribution in [3.8, 4) is 0 Å². The van der Waals surface area contributed by atoms with Gasteiger partial charge in [-0.2, -0.15) is 13.2 Å². The molecule has 2 heterocycles. The highest BCUT2D eigenvalue weighted by molar-refractivity contribution is 5.79. The number of nitrogens with zero attached hydrogens (tertiary/aromatic N) is 2. The summed E-state index contributed by atoms with van der Waals surface area (Å²) in [4.78, 5) is 35.5. The van der Waals surface area contributed by atoms with Crippen molar-refractivity contribution in [3.63, 3.8) is 0 Å². The summed E-state index contributed by atoms with van der Waals surface area (Å²) in [5.41, 5.74) is -0.891.